The Morgan fingerprint density at radius 1 is 1.12 bits per heavy atom. The van der Waals surface area contributed by atoms with Crippen molar-refractivity contribution in [3.8, 4) is 11.4 Å². The van der Waals surface area contributed by atoms with Crippen LogP contribution >= 0.6 is 0 Å². The number of aromatic nitrogens is 3. The highest BCUT2D eigenvalue weighted by Crippen LogP contribution is 2.23. The van der Waals surface area contributed by atoms with E-state index in [0.717, 1.165) is 25.7 Å². The second kappa shape index (κ2) is 7.20. The molecule has 2 aromatic heterocycles. The van der Waals surface area contributed by atoms with Crippen LogP contribution < -0.4 is 10.6 Å². The molecule has 0 radical (unpaired) electrons. The highest BCUT2D eigenvalue weighted by atomic mass is 19.1. The van der Waals surface area contributed by atoms with Gasteiger partial charge in [-0.1, -0.05) is 6.07 Å². The first-order chi connectivity index (χ1) is 11.6. The number of amides is 1. The van der Waals surface area contributed by atoms with E-state index in [1.54, 1.807) is 18.2 Å². The number of carbonyl (C=O) groups is 1. The molecule has 2 heterocycles. The van der Waals surface area contributed by atoms with Gasteiger partial charge in [0.25, 0.3) is 0 Å². The van der Waals surface area contributed by atoms with Gasteiger partial charge in [0.2, 0.25) is 5.95 Å². The van der Waals surface area contributed by atoms with Gasteiger partial charge in [-0.2, -0.15) is 4.39 Å². The SMILES string of the molecule is O=C(O)NC1CCC(Nc2cc(-c3cccc(F)n3)ncn2)CC1. The summed E-state index contributed by atoms with van der Waals surface area (Å²) < 4.78 is 13.2. The Balaban J connectivity index is 1.62. The average Bonchev–Trinajstić information content (AvgIpc) is 2.56. The van der Waals surface area contributed by atoms with E-state index in [0.29, 0.717) is 17.2 Å². The van der Waals surface area contributed by atoms with E-state index in [9.17, 15) is 9.18 Å². The van der Waals surface area contributed by atoms with Gasteiger partial charge in [-0.25, -0.2) is 19.7 Å². The number of hydrogen-bond donors (Lipinski definition) is 3. The largest absolute Gasteiger partial charge is 0.465 e. The second-order valence-corrected chi connectivity index (χ2v) is 5.78. The molecule has 8 heteroatoms. The summed E-state index contributed by atoms with van der Waals surface area (Å²) in [5, 5.41) is 14.6. The van der Waals surface area contributed by atoms with Gasteiger partial charge >= 0.3 is 6.09 Å². The van der Waals surface area contributed by atoms with Crippen LogP contribution in [0.2, 0.25) is 0 Å². The Morgan fingerprint density at radius 3 is 2.58 bits per heavy atom. The van der Waals surface area contributed by atoms with Crippen LogP contribution in [-0.4, -0.2) is 38.2 Å². The average molecular weight is 331 g/mol. The van der Waals surface area contributed by atoms with Crippen molar-refractivity contribution >= 4 is 11.9 Å². The minimum absolute atomic E-state index is 0.0120. The molecule has 1 amide bonds. The molecule has 0 aromatic carbocycles. The van der Waals surface area contributed by atoms with Gasteiger partial charge in [0.1, 0.15) is 12.1 Å². The van der Waals surface area contributed by atoms with E-state index in [-0.39, 0.29) is 12.1 Å². The molecule has 7 nitrogen and oxygen atoms in total. The molecule has 0 saturated heterocycles. The van der Waals surface area contributed by atoms with Crippen molar-refractivity contribution in [1.29, 1.82) is 0 Å². The van der Waals surface area contributed by atoms with Crippen LogP contribution in [0.15, 0.2) is 30.6 Å². The first kappa shape index (κ1) is 16.1. The summed E-state index contributed by atoms with van der Waals surface area (Å²) >= 11 is 0. The third-order valence-corrected chi connectivity index (χ3v) is 4.05. The molecule has 24 heavy (non-hydrogen) atoms. The van der Waals surface area contributed by atoms with E-state index in [1.165, 1.54) is 12.4 Å². The Bertz CT molecular complexity index is 719. The van der Waals surface area contributed by atoms with E-state index < -0.39 is 12.0 Å². The number of halogens is 1. The monoisotopic (exact) mass is 331 g/mol. The fourth-order valence-electron chi connectivity index (χ4n) is 2.89. The van der Waals surface area contributed by atoms with E-state index in [4.69, 9.17) is 5.11 Å². The van der Waals surface area contributed by atoms with Crippen molar-refractivity contribution in [2.24, 2.45) is 0 Å². The Labute approximate surface area is 138 Å². The molecule has 1 saturated carbocycles. The zero-order valence-electron chi connectivity index (χ0n) is 12.9. The molecule has 126 valence electrons. The standard InChI is InChI=1S/C16H18FN5O2/c17-14-3-1-2-12(22-14)13-8-15(19-9-18-13)20-10-4-6-11(7-5-10)21-16(23)24/h1-3,8-11,21H,4-7H2,(H,23,24)(H,18,19,20). The quantitative estimate of drug-likeness (QED) is 0.745. The predicted molar refractivity (Wildman–Crippen MR) is 86.0 cm³/mol. The summed E-state index contributed by atoms with van der Waals surface area (Å²) in [5.41, 5.74) is 1.00. The number of anilines is 1. The first-order valence-electron chi connectivity index (χ1n) is 7.81. The molecule has 0 aliphatic heterocycles. The maximum Gasteiger partial charge on any atom is 0.404 e. The highest BCUT2D eigenvalue weighted by molar-refractivity contribution is 5.64. The zero-order chi connectivity index (χ0) is 16.9. The van der Waals surface area contributed by atoms with Crippen molar-refractivity contribution in [1.82, 2.24) is 20.3 Å². The molecule has 2 aromatic rings. The van der Waals surface area contributed by atoms with Gasteiger partial charge < -0.3 is 15.7 Å². The van der Waals surface area contributed by atoms with Gasteiger partial charge in [0.15, 0.2) is 0 Å². The summed E-state index contributed by atoms with van der Waals surface area (Å²) in [6, 6.07) is 6.54. The molecular formula is C16H18FN5O2. The number of nitrogens with zero attached hydrogens (tertiary/aromatic N) is 3. The lowest BCUT2D eigenvalue weighted by Crippen LogP contribution is -2.39. The summed E-state index contributed by atoms with van der Waals surface area (Å²) in [6.45, 7) is 0. The molecular weight excluding hydrogens is 313 g/mol. The Morgan fingerprint density at radius 2 is 1.88 bits per heavy atom. The number of hydrogen-bond acceptors (Lipinski definition) is 5. The third kappa shape index (κ3) is 4.15. The Kier molecular flexibility index (Phi) is 4.83. The lowest BCUT2D eigenvalue weighted by molar-refractivity contribution is 0.185. The van der Waals surface area contributed by atoms with E-state index in [1.807, 2.05) is 0 Å². The maximum absolute atomic E-state index is 13.2. The number of pyridine rings is 1. The molecule has 1 aliphatic rings. The van der Waals surface area contributed by atoms with Crippen LogP contribution in [0.4, 0.5) is 15.0 Å². The van der Waals surface area contributed by atoms with Crippen LogP contribution in [0, 0.1) is 5.95 Å². The molecule has 1 fully saturated rings. The van der Waals surface area contributed by atoms with Crippen molar-refractivity contribution in [3.63, 3.8) is 0 Å². The van der Waals surface area contributed by atoms with Gasteiger partial charge in [0, 0.05) is 18.2 Å². The van der Waals surface area contributed by atoms with Gasteiger partial charge in [-0.05, 0) is 37.8 Å². The maximum atomic E-state index is 13.2. The Hall–Kier alpha value is -2.77. The van der Waals surface area contributed by atoms with E-state index in [2.05, 4.69) is 25.6 Å². The van der Waals surface area contributed by atoms with Crippen LogP contribution in [0.3, 0.4) is 0 Å². The van der Waals surface area contributed by atoms with Gasteiger partial charge in [-0.15, -0.1) is 0 Å². The molecule has 1 aliphatic carbocycles. The summed E-state index contributed by atoms with van der Waals surface area (Å²) in [4.78, 5) is 22.8. The molecule has 3 N–H and O–H groups in total. The molecule has 0 atom stereocenters. The smallest absolute Gasteiger partial charge is 0.404 e. The van der Waals surface area contributed by atoms with Gasteiger partial charge in [0.05, 0.1) is 11.4 Å². The van der Waals surface area contributed by atoms with Crippen LogP contribution in [0.1, 0.15) is 25.7 Å². The van der Waals surface area contributed by atoms with E-state index >= 15 is 0 Å². The minimum Gasteiger partial charge on any atom is -0.465 e. The third-order valence-electron chi connectivity index (χ3n) is 4.05. The second-order valence-electron chi connectivity index (χ2n) is 5.78. The lowest BCUT2D eigenvalue weighted by atomic mass is 9.91. The zero-order valence-corrected chi connectivity index (χ0v) is 12.9. The van der Waals surface area contributed by atoms with Crippen LogP contribution in [-0.2, 0) is 0 Å². The number of carboxylic acid groups (broad SMARTS) is 1. The fraction of sp³-hybridized carbons (Fsp3) is 0.375. The number of rotatable bonds is 4. The van der Waals surface area contributed by atoms with Crippen molar-refractivity contribution in [2.75, 3.05) is 5.32 Å². The fourth-order valence-corrected chi connectivity index (χ4v) is 2.89. The molecule has 0 spiro atoms. The summed E-state index contributed by atoms with van der Waals surface area (Å²) in [7, 11) is 0. The molecule has 3 rings (SSSR count). The van der Waals surface area contributed by atoms with Crippen LogP contribution in [0.5, 0.6) is 0 Å². The summed E-state index contributed by atoms with van der Waals surface area (Å²) in [6.07, 6.45) is 3.71. The predicted octanol–water partition coefficient (Wildman–Crippen LogP) is 2.67. The molecule has 0 bridgehead atoms. The normalized spacial score (nSPS) is 20.4. The topological polar surface area (TPSA) is 100 Å². The molecule has 0 unspecified atom stereocenters. The summed E-state index contributed by atoms with van der Waals surface area (Å²) in [5.74, 6) is 0.102. The first-order valence-corrected chi connectivity index (χ1v) is 7.81. The highest BCUT2D eigenvalue weighted by Gasteiger charge is 2.22. The van der Waals surface area contributed by atoms with Gasteiger partial charge in [-0.3, -0.25) is 0 Å². The minimum atomic E-state index is -0.977. The lowest BCUT2D eigenvalue weighted by Gasteiger charge is -2.29. The van der Waals surface area contributed by atoms with Crippen molar-refractivity contribution in [3.05, 3.63) is 36.5 Å². The van der Waals surface area contributed by atoms with Crippen LogP contribution in [0.25, 0.3) is 11.4 Å². The van der Waals surface area contributed by atoms with Crippen molar-refractivity contribution in [2.45, 2.75) is 37.8 Å². The van der Waals surface area contributed by atoms with Crippen molar-refractivity contribution < 1.29 is 14.3 Å². The number of nitrogens with one attached hydrogen (secondary N) is 2.